The van der Waals surface area contributed by atoms with E-state index in [4.69, 9.17) is 4.74 Å². The highest BCUT2D eigenvalue weighted by Crippen LogP contribution is 2.12. The Labute approximate surface area is 89.5 Å². The molecule has 0 aromatic rings. The second kappa shape index (κ2) is 7.88. The number of thioether (sulfide) groups is 1. The summed E-state index contributed by atoms with van der Waals surface area (Å²) in [6.07, 6.45) is 1.51. The summed E-state index contributed by atoms with van der Waals surface area (Å²) in [5.74, 6) is 0.462. The van der Waals surface area contributed by atoms with Crippen molar-refractivity contribution >= 4 is 17.7 Å². The first-order valence-corrected chi connectivity index (χ1v) is 5.75. The number of aliphatic hydroxyl groups is 1. The summed E-state index contributed by atoms with van der Waals surface area (Å²) in [5, 5.41) is 9.20. The average Bonchev–Trinajstić information content (AvgIpc) is 2.16. The van der Waals surface area contributed by atoms with Gasteiger partial charge in [-0.1, -0.05) is 13.5 Å². The van der Waals surface area contributed by atoms with Crippen LogP contribution in [-0.4, -0.2) is 28.9 Å². The molecular weight excluding hydrogens is 200 g/mol. The molecule has 0 aromatic carbocycles. The van der Waals surface area contributed by atoms with E-state index in [9.17, 15) is 9.90 Å². The van der Waals surface area contributed by atoms with E-state index in [2.05, 4.69) is 6.58 Å². The Morgan fingerprint density at radius 1 is 1.64 bits per heavy atom. The summed E-state index contributed by atoms with van der Waals surface area (Å²) in [4.78, 5) is 10.9. The molecule has 0 spiro atoms. The van der Waals surface area contributed by atoms with Gasteiger partial charge in [-0.05, 0) is 25.5 Å². The van der Waals surface area contributed by atoms with Gasteiger partial charge in [0.05, 0.1) is 12.0 Å². The lowest BCUT2D eigenvalue weighted by Crippen LogP contribution is -2.07. The first-order chi connectivity index (χ1) is 6.57. The third-order valence-electron chi connectivity index (χ3n) is 1.53. The van der Waals surface area contributed by atoms with Crippen molar-refractivity contribution in [2.24, 2.45) is 0 Å². The van der Waals surface area contributed by atoms with Crippen LogP contribution in [0, 0.1) is 0 Å². The zero-order chi connectivity index (χ0) is 11.0. The van der Waals surface area contributed by atoms with Gasteiger partial charge in [0.15, 0.2) is 0 Å². The molecule has 0 saturated heterocycles. The molecule has 0 bridgehead atoms. The molecule has 0 rings (SSSR count). The van der Waals surface area contributed by atoms with E-state index < -0.39 is 0 Å². The number of rotatable bonds is 7. The number of carbonyl (C=O) groups excluding carboxylic acids is 1. The van der Waals surface area contributed by atoms with Crippen molar-refractivity contribution in [2.75, 3.05) is 12.4 Å². The Balaban J connectivity index is 3.30. The number of hydrogen-bond acceptors (Lipinski definition) is 4. The molecule has 1 atom stereocenters. The molecule has 0 heterocycles. The minimum Gasteiger partial charge on any atom is -0.462 e. The predicted octanol–water partition coefficient (Wildman–Crippen LogP) is 1.96. The minimum atomic E-state index is -0.342. The van der Waals surface area contributed by atoms with E-state index in [-0.39, 0.29) is 11.4 Å². The topological polar surface area (TPSA) is 46.5 Å². The van der Waals surface area contributed by atoms with Gasteiger partial charge >= 0.3 is 5.97 Å². The van der Waals surface area contributed by atoms with Crippen molar-refractivity contribution in [3.8, 4) is 0 Å². The van der Waals surface area contributed by atoms with Gasteiger partial charge in [0.2, 0.25) is 0 Å². The summed E-state index contributed by atoms with van der Waals surface area (Å²) in [7, 11) is 0. The maximum absolute atomic E-state index is 10.9. The Kier molecular flexibility index (Phi) is 7.61. The molecule has 0 radical (unpaired) electrons. The van der Waals surface area contributed by atoms with E-state index in [0.29, 0.717) is 12.2 Å². The predicted molar refractivity (Wildman–Crippen MR) is 59.1 cm³/mol. The SMILES string of the molecule is C=C(C)C(=O)OCCCSC(O)CC. The molecule has 0 aliphatic carbocycles. The van der Waals surface area contributed by atoms with E-state index in [1.807, 2.05) is 6.92 Å². The molecule has 0 aromatic heterocycles. The third kappa shape index (κ3) is 6.97. The smallest absolute Gasteiger partial charge is 0.333 e. The Morgan fingerprint density at radius 3 is 2.79 bits per heavy atom. The van der Waals surface area contributed by atoms with Gasteiger partial charge in [-0.15, -0.1) is 11.8 Å². The van der Waals surface area contributed by atoms with Crippen LogP contribution < -0.4 is 0 Å². The number of ether oxygens (including phenoxy) is 1. The average molecular weight is 218 g/mol. The monoisotopic (exact) mass is 218 g/mol. The van der Waals surface area contributed by atoms with E-state index in [1.54, 1.807) is 6.92 Å². The van der Waals surface area contributed by atoms with Crippen LogP contribution in [0.2, 0.25) is 0 Å². The van der Waals surface area contributed by atoms with Crippen molar-refractivity contribution in [3.63, 3.8) is 0 Å². The van der Waals surface area contributed by atoms with Crippen LogP contribution in [0.15, 0.2) is 12.2 Å². The number of hydrogen-bond donors (Lipinski definition) is 1. The van der Waals surface area contributed by atoms with E-state index in [0.717, 1.165) is 18.6 Å². The molecule has 0 amide bonds. The highest BCUT2D eigenvalue weighted by Gasteiger charge is 2.03. The summed E-state index contributed by atoms with van der Waals surface area (Å²) in [6, 6.07) is 0. The molecule has 14 heavy (non-hydrogen) atoms. The largest absolute Gasteiger partial charge is 0.462 e. The molecule has 0 fully saturated rings. The summed E-state index contributed by atoms with van der Waals surface area (Å²) >= 11 is 1.48. The van der Waals surface area contributed by atoms with Crippen LogP contribution >= 0.6 is 11.8 Å². The normalized spacial score (nSPS) is 12.2. The van der Waals surface area contributed by atoms with E-state index in [1.165, 1.54) is 11.8 Å². The van der Waals surface area contributed by atoms with E-state index >= 15 is 0 Å². The number of aliphatic hydroxyl groups excluding tert-OH is 1. The molecule has 1 unspecified atom stereocenters. The first kappa shape index (κ1) is 13.5. The number of carbonyl (C=O) groups is 1. The van der Waals surface area contributed by atoms with Crippen LogP contribution in [-0.2, 0) is 9.53 Å². The molecule has 1 N–H and O–H groups in total. The highest BCUT2D eigenvalue weighted by molar-refractivity contribution is 7.99. The lowest BCUT2D eigenvalue weighted by Gasteiger charge is -2.07. The van der Waals surface area contributed by atoms with Crippen molar-refractivity contribution in [3.05, 3.63) is 12.2 Å². The fraction of sp³-hybridized carbons (Fsp3) is 0.700. The van der Waals surface area contributed by atoms with Gasteiger partial charge in [0.1, 0.15) is 0 Å². The molecular formula is C10H18O3S. The Bertz CT molecular complexity index is 192. The van der Waals surface area contributed by atoms with Crippen molar-refractivity contribution in [2.45, 2.75) is 32.1 Å². The van der Waals surface area contributed by atoms with Gasteiger partial charge in [-0.25, -0.2) is 4.79 Å². The third-order valence-corrected chi connectivity index (χ3v) is 2.77. The minimum absolute atomic E-state index is 0.299. The van der Waals surface area contributed by atoms with Crippen LogP contribution in [0.3, 0.4) is 0 Å². The van der Waals surface area contributed by atoms with Crippen LogP contribution in [0.25, 0.3) is 0 Å². The number of esters is 1. The van der Waals surface area contributed by atoms with Crippen molar-refractivity contribution in [1.29, 1.82) is 0 Å². The fourth-order valence-electron chi connectivity index (χ4n) is 0.684. The van der Waals surface area contributed by atoms with Gasteiger partial charge in [-0.3, -0.25) is 0 Å². The molecule has 82 valence electrons. The van der Waals surface area contributed by atoms with Crippen LogP contribution in [0.1, 0.15) is 26.7 Å². The van der Waals surface area contributed by atoms with Crippen LogP contribution in [0.4, 0.5) is 0 Å². The van der Waals surface area contributed by atoms with Gasteiger partial charge < -0.3 is 9.84 Å². The fourth-order valence-corrected chi connectivity index (χ4v) is 1.48. The Hall–Kier alpha value is -0.480. The van der Waals surface area contributed by atoms with Crippen molar-refractivity contribution < 1.29 is 14.6 Å². The maximum Gasteiger partial charge on any atom is 0.333 e. The van der Waals surface area contributed by atoms with Gasteiger partial charge in [0.25, 0.3) is 0 Å². The lowest BCUT2D eigenvalue weighted by atomic mass is 10.4. The Morgan fingerprint density at radius 2 is 2.29 bits per heavy atom. The van der Waals surface area contributed by atoms with Crippen LogP contribution in [0.5, 0.6) is 0 Å². The maximum atomic E-state index is 10.9. The molecule has 4 heteroatoms. The standard InChI is InChI=1S/C10H18O3S/c1-4-9(11)14-7-5-6-13-10(12)8(2)3/h9,11H,2,4-7H2,1,3H3. The lowest BCUT2D eigenvalue weighted by molar-refractivity contribution is -0.138. The summed E-state index contributed by atoms with van der Waals surface area (Å²) in [6.45, 7) is 7.43. The summed E-state index contributed by atoms with van der Waals surface area (Å²) < 4.78 is 4.89. The van der Waals surface area contributed by atoms with Crippen molar-refractivity contribution in [1.82, 2.24) is 0 Å². The molecule has 0 saturated carbocycles. The van der Waals surface area contributed by atoms with Gasteiger partial charge in [0, 0.05) is 5.57 Å². The zero-order valence-electron chi connectivity index (χ0n) is 8.78. The first-order valence-electron chi connectivity index (χ1n) is 4.70. The van der Waals surface area contributed by atoms with Gasteiger partial charge in [-0.2, -0.15) is 0 Å². The zero-order valence-corrected chi connectivity index (χ0v) is 9.60. The highest BCUT2D eigenvalue weighted by atomic mass is 32.2. The molecule has 0 aliphatic rings. The summed E-state index contributed by atoms with van der Waals surface area (Å²) in [5.41, 5.74) is 0.123. The molecule has 3 nitrogen and oxygen atoms in total. The quantitative estimate of drug-likeness (QED) is 0.307. The second-order valence-electron chi connectivity index (χ2n) is 3.00. The molecule has 0 aliphatic heterocycles. The second-order valence-corrected chi connectivity index (χ2v) is 4.29.